The highest BCUT2D eigenvalue weighted by atomic mass is 32.2. The van der Waals surface area contributed by atoms with Gasteiger partial charge in [-0.25, -0.2) is 21.1 Å². The van der Waals surface area contributed by atoms with Gasteiger partial charge in [-0.3, -0.25) is 9.52 Å². The van der Waals surface area contributed by atoms with Crippen LogP contribution in [0.15, 0.2) is 47.4 Å². The van der Waals surface area contributed by atoms with Gasteiger partial charge in [0, 0.05) is 12.1 Å². The van der Waals surface area contributed by atoms with E-state index < -0.39 is 26.0 Å². The highest BCUT2D eigenvalue weighted by Gasteiger charge is 2.36. The Morgan fingerprint density at radius 1 is 1.11 bits per heavy atom. The molecule has 3 rings (SSSR count). The number of hydrogen-bond donors (Lipinski definition) is 1. The normalized spacial score (nSPS) is 16.4. The smallest absolute Gasteiger partial charge is 0.262 e. The van der Waals surface area contributed by atoms with Crippen molar-refractivity contribution >= 4 is 37.3 Å². The van der Waals surface area contributed by atoms with E-state index >= 15 is 0 Å². The lowest BCUT2D eigenvalue weighted by Gasteiger charge is -2.17. The van der Waals surface area contributed by atoms with E-state index in [4.69, 9.17) is 4.74 Å². The maximum absolute atomic E-state index is 12.7. The fourth-order valence-corrected chi connectivity index (χ4v) is 5.54. The number of ether oxygens (including phenoxy) is 1. The molecule has 8 nitrogen and oxygen atoms in total. The number of sulfonamides is 2. The number of anilines is 2. The van der Waals surface area contributed by atoms with Gasteiger partial charge < -0.3 is 4.74 Å². The maximum atomic E-state index is 12.7. The Labute approximate surface area is 157 Å². The Hall–Kier alpha value is -2.59. The fraction of sp³-hybridized carbons (Fsp3) is 0.235. The van der Waals surface area contributed by atoms with Crippen molar-refractivity contribution in [2.75, 3.05) is 21.9 Å². The summed E-state index contributed by atoms with van der Waals surface area (Å²) in [6, 6.07) is 10.4. The monoisotopic (exact) mass is 410 g/mol. The van der Waals surface area contributed by atoms with Crippen LogP contribution in [0.3, 0.4) is 0 Å². The summed E-state index contributed by atoms with van der Waals surface area (Å²) >= 11 is 0. The van der Waals surface area contributed by atoms with E-state index in [0.717, 1.165) is 4.31 Å². The molecule has 0 bridgehead atoms. The highest BCUT2D eigenvalue weighted by Crippen LogP contribution is 2.29. The Kier molecular flexibility index (Phi) is 4.87. The number of carbonyl (C=O) groups is 1. The van der Waals surface area contributed by atoms with Gasteiger partial charge in [-0.1, -0.05) is 0 Å². The van der Waals surface area contributed by atoms with E-state index in [9.17, 15) is 21.6 Å². The minimum absolute atomic E-state index is 0.00823. The van der Waals surface area contributed by atoms with Crippen LogP contribution in [-0.4, -0.2) is 35.6 Å². The van der Waals surface area contributed by atoms with Crippen LogP contribution in [0.1, 0.15) is 12.0 Å². The molecular formula is C17H18N2O6S2. The first-order chi connectivity index (χ1) is 12.6. The summed E-state index contributed by atoms with van der Waals surface area (Å²) in [7, 11) is -6.08. The minimum Gasteiger partial charge on any atom is -0.497 e. The zero-order valence-corrected chi connectivity index (χ0v) is 16.3. The van der Waals surface area contributed by atoms with Crippen molar-refractivity contribution in [2.24, 2.45) is 0 Å². The van der Waals surface area contributed by atoms with Crippen molar-refractivity contribution in [3.63, 3.8) is 0 Å². The molecule has 0 saturated carbocycles. The molecule has 1 fully saturated rings. The summed E-state index contributed by atoms with van der Waals surface area (Å²) in [5.41, 5.74) is 0.818. The molecule has 0 atom stereocenters. The van der Waals surface area contributed by atoms with Gasteiger partial charge in [-0.2, -0.15) is 0 Å². The second-order valence-corrected chi connectivity index (χ2v) is 9.60. The number of methoxy groups -OCH3 is 1. The third-order valence-corrected chi connectivity index (χ3v) is 7.34. The highest BCUT2D eigenvalue weighted by molar-refractivity contribution is 7.94. The molecule has 27 heavy (non-hydrogen) atoms. The molecule has 0 aromatic heterocycles. The Morgan fingerprint density at radius 3 is 2.30 bits per heavy atom. The number of carbonyl (C=O) groups excluding carboxylic acids is 1. The van der Waals surface area contributed by atoms with E-state index in [1.807, 2.05) is 0 Å². The zero-order chi connectivity index (χ0) is 19.8. The fourth-order valence-electron chi connectivity index (χ4n) is 2.80. The van der Waals surface area contributed by atoms with Gasteiger partial charge in [-0.15, -0.1) is 0 Å². The lowest BCUT2D eigenvalue weighted by atomic mass is 10.2. The molecule has 144 valence electrons. The van der Waals surface area contributed by atoms with Gasteiger partial charge in [0.15, 0.2) is 0 Å². The molecule has 0 spiro atoms. The Balaban J connectivity index is 1.91. The predicted octanol–water partition coefficient (Wildman–Crippen LogP) is 1.87. The molecule has 1 aliphatic rings. The van der Waals surface area contributed by atoms with Crippen LogP contribution in [0.2, 0.25) is 0 Å². The third kappa shape index (κ3) is 3.76. The number of nitrogens with zero attached hydrogens (tertiary/aromatic N) is 1. The van der Waals surface area contributed by atoms with Crippen molar-refractivity contribution in [3.8, 4) is 5.75 Å². The van der Waals surface area contributed by atoms with E-state index in [1.165, 1.54) is 25.3 Å². The van der Waals surface area contributed by atoms with Crippen LogP contribution in [0.4, 0.5) is 11.4 Å². The summed E-state index contributed by atoms with van der Waals surface area (Å²) < 4.78 is 57.6. The average Bonchev–Trinajstić information content (AvgIpc) is 2.87. The van der Waals surface area contributed by atoms with Gasteiger partial charge in [0.1, 0.15) is 5.75 Å². The quantitative estimate of drug-likeness (QED) is 0.806. The first-order valence-electron chi connectivity index (χ1n) is 7.97. The third-order valence-electron chi connectivity index (χ3n) is 4.10. The number of rotatable bonds is 5. The molecule has 0 unspecified atom stereocenters. The van der Waals surface area contributed by atoms with Crippen LogP contribution in [0.25, 0.3) is 0 Å². The second kappa shape index (κ2) is 6.86. The number of nitrogens with one attached hydrogen (secondary N) is 1. The first kappa shape index (κ1) is 19.2. The zero-order valence-electron chi connectivity index (χ0n) is 14.7. The molecule has 1 N–H and O–H groups in total. The Morgan fingerprint density at radius 2 is 1.78 bits per heavy atom. The SMILES string of the molecule is COc1ccc(NS(=O)(=O)c2ccc(N3C(=O)CCS3(=O)=O)cc2C)cc1. The summed E-state index contributed by atoms with van der Waals surface area (Å²) in [6.07, 6.45) is -0.0829. The van der Waals surface area contributed by atoms with Crippen molar-refractivity contribution in [2.45, 2.75) is 18.2 Å². The van der Waals surface area contributed by atoms with E-state index in [0.29, 0.717) is 17.0 Å². The van der Waals surface area contributed by atoms with Crippen LogP contribution in [-0.2, 0) is 24.8 Å². The van der Waals surface area contributed by atoms with Gasteiger partial charge in [0.05, 0.1) is 23.4 Å². The molecule has 1 heterocycles. The predicted molar refractivity (Wildman–Crippen MR) is 101 cm³/mol. The van der Waals surface area contributed by atoms with Crippen molar-refractivity contribution in [1.82, 2.24) is 0 Å². The lowest BCUT2D eigenvalue weighted by Crippen LogP contribution is -2.29. The number of benzene rings is 2. The van der Waals surface area contributed by atoms with Crippen LogP contribution >= 0.6 is 0 Å². The van der Waals surface area contributed by atoms with E-state index in [2.05, 4.69) is 4.72 Å². The Bertz CT molecular complexity index is 1090. The summed E-state index contributed by atoms with van der Waals surface area (Å²) in [5.74, 6) is -0.180. The topological polar surface area (TPSA) is 110 Å². The van der Waals surface area contributed by atoms with Crippen molar-refractivity contribution < 1.29 is 26.4 Å². The van der Waals surface area contributed by atoms with Crippen LogP contribution in [0.5, 0.6) is 5.75 Å². The molecule has 2 aromatic rings. The number of amides is 1. The number of aryl methyl sites for hydroxylation is 1. The van der Waals surface area contributed by atoms with E-state index in [1.54, 1.807) is 31.2 Å². The van der Waals surface area contributed by atoms with Gasteiger partial charge in [0.2, 0.25) is 15.9 Å². The average molecular weight is 410 g/mol. The van der Waals surface area contributed by atoms with Crippen LogP contribution < -0.4 is 13.8 Å². The lowest BCUT2D eigenvalue weighted by molar-refractivity contribution is -0.116. The van der Waals surface area contributed by atoms with Crippen molar-refractivity contribution in [1.29, 1.82) is 0 Å². The molecular weight excluding hydrogens is 392 g/mol. The molecule has 10 heteroatoms. The van der Waals surface area contributed by atoms with Crippen molar-refractivity contribution in [3.05, 3.63) is 48.0 Å². The molecule has 1 saturated heterocycles. The molecule has 0 aliphatic carbocycles. The van der Waals surface area contributed by atoms with Gasteiger partial charge >= 0.3 is 0 Å². The summed E-state index contributed by atoms with van der Waals surface area (Å²) in [6.45, 7) is 1.54. The number of hydrogen-bond acceptors (Lipinski definition) is 6. The standard InChI is InChI=1S/C17H18N2O6S2/c1-12-11-14(19-17(20)9-10-26(19,21)22)5-8-16(12)27(23,24)18-13-3-6-15(25-2)7-4-13/h3-8,11,18H,9-10H2,1-2H3. The maximum Gasteiger partial charge on any atom is 0.262 e. The molecule has 1 amide bonds. The second-order valence-electron chi connectivity index (χ2n) is 6.01. The van der Waals surface area contributed by atoms with Gasteiger partial charge in [0.25, 0.3) is 10.0 Å². The van der Waals surface area contributed by atoms with E-state index in [-0.39, 0.29) is 22.8 Å². The van der Waals surface area contributed by atoms with Crippen LogP contribution in [0, 0.1) is 6.92 Å². The van der Waals surface area contributed by atoms with Gasteiger partial charge in [-0.05, 0) is 55.0 Å². The summed E-state index contributed by atoms with van der Waals surface area (Å²) in [4.78, 5) is 11.9. The summed E-state index contributed by atoms with van der Waals surface area (Å²) in [5, 5.41) is 0. The first-order valence-corrected chi connectivity index (χ1v) is 11.1. The minimum atomic E-state index is -3.89. The molecule has 0 radical (unpaired) electrons. The molecule has 2 aromatic carbocycles. The molecule has 1 aliphatic heterocycles. The largest absolute Gasteiger partial charge is 0.497 e.